The summed E-state index contributed by atoms with van der Waals surface area (Å²) in [6, 6.07) is 0. The second-order valence-corrected chi connectivity index (χ2v) is 3.17. The summed E-state index contributed by atoms with van der Waals surface area (Å²) >= 11 is 0. The van der Waals surface area contributed by atoms with Crippen LogP contribution in [0.4, 0.5) is 0 Å². The first-order chi connectivity index (χ1) is 6.31. The molecule has 0 aliphatic carbocycles. The van der Waals surface area contributed by atoms with Crippen molar-refractivity contribution in [1.29, 1.82) is 0 Å². The maximum Gasteiger partial charge on any atom is 0.305 e. The predicted octanol–water partition coefficient (Wildman–Crippen LogP) is 1.85. The summed E-state index contributed by atoms with van der Waals surface area (Å²) in [5.41, 5.74) is 5.26. The fourth-order valence-electron chi connectivity index (χ4n) is 1.04. The van der Waals surface area contributed by atoms with Gasteiger partial charge in [-0.15, -0.1) is 0 Å². The van der Waals surface area contributed by atoms with Gasteiger partial charge in [-0.3, -0.25) is 4.79 Å². The fraction of sp³-hybridized carbons (Fsp3) is 0.900. The lowest BCUT2D eigenvalue weighted by Gasteiger charge is -2.02. The highest BCUT2D eigenvalue weighted by Gasteiger charge is 2.00. The van der Waals surface area contributed by atoms with Gasteiger partial charge >= 0.3 is 5.97 Å². The average molecular weight is 187 g/mol. The highest BCUT2D eigenvalue weighted by Crippen LogP contribution is 2.03. The number of rotatable bonds is 8. The van der Waals surface area contributed by atoms with Crippen LogP contribution in [-0.4, -0.2) is 19.1 Å². The van der Waals surface area contributed by atoms with Gasteiger partial charge in [0.2, 0.25) is 0 Å². The Morgan fingerprint density at radius 1 is 1.23 bits per heavy atom. The summed E-state index contributed by atoms with van der Waals surface area (Å²) in [6.45, 7) is 3.21. The van der Waals surface area contributed by atoms with Crippen LogP contribution in [0.3, 0.4) is 0 Å². The smallest absolute Gasteiger partial charge is 0.305 e. The maximum atomic E-state index is 11.0. The molecule has 2 N–H and O–H groups in total. The molecular formula is C10H21NO2. The molecule has 0 atom stereocenters. The molecule has 78 valence electrons. The van der Waals surface area contributed by atoms with E-state index in [2.05, 4.69) is 6.92 Å². The molecule has 0 amide bonds. The molecule has 0 spiro atoms. The van der Waals surface area contributed by atoms with Gasteiger partial charge in [0.05, 0.1) is 6.61 Å². The number of ether oxygens (including phenoxy) is 1. The number of carbonyl (C=O) groups excluding carboxylic acids is 1. The first-order valence-electron chi connectivity index (χ1n) is 5.17. The van der Waals surface area contributed by atoms with E-state index in [1.54, 1.807) is 0 Å². The normalized spacial score (nSPS) is 10.0. The van der Waals surface area contributed by atoms with Crippen molar-refractivity contribution in [2.24, 2.45) is 5.73 Å². The van der Waals surface area contributed by atoms with Gasteiger partial charge in [0.25, 0.3) is 0 Å². The van der Waals surface area contributed by atoms with Crippen molar-refractivity contribution in [1.82, 2.24) is 0 Å². The standard InChI is InChI=1S/C10H21NO2/c1-2-3-4-5-7-10(12)13-9-6-8-11/h2-9,11H2,1H3. The zero-order valence-electron chi connectivity index (χ0n) is 8.55. The van der Waals surface area contributed by atoms with E-state index in [0.717, 1.165) is 19.3 Å². The molecular weight excluding hydrogens is 166 g/mol. The molecule has 0 radical (unpaired) electrons. The number of unbranched alkanes of at least 4 members (excludes halogenated alkanes) is 3. The molecule has 0 heterocycles. The Bertz CT molecular complexity index is 126. The van der Waals surface area contributed by atoms with Crippen molar-refractivity contribution >= 4 is 5.97 Å². The summed E-state index contributed by atoms with van der Waals surface area (Å²) in [5.74, 6) is -0.0791. The Morgan fingerprint density at radius 3 is 2.62 bits per heavy atom. The summed E-state index contributed by atoms with van der Waals surface area (Å²) < 4.78 is 4.94. The van der Waals surface area contributed by atoms with Crippen LogP contribution in [0.2, 0.25) is 0 Å². The van der Waals surface area contributed by atoms with E-state index in [4.69, 9.17) is 10.5 Å². The Labute approximate surface area is 80.6 Å². The van der Waals surface area contributed by atoms with E-state index in [9.17, 15) is 4.79 Å². The largest absolute Gasteiger partial charge is 0.466 e. The maximum absolute atomic E-state index is 11.0. The quantitative estimate of drug-likeness (QED) is 0.466. The zero-order chi connectivity index (χ0) is 9.94. The van der Waals surface area contributed by atoms with Gasteiger partial charge in [0.15, 0.2) is 0 Å². The molecule has 0 aliphatic heterocycles. The van der Waals surface area contributed by atoms with E-state index in [0.29, 0.717) is 19.6 Å². The molecule has 3 heteroatoms. The molecule has 0 fully saturated rings. The monoisotopic (exact) mass is 187 g/mol. The second kappa shape index (κ2) is 9.52. The van der Waals surface area contributed by atoms with Crippen molar-refractivity contribution in [3.8, 4) is 0 Å². The summed E-state index contributed by atoms with van der Waals surface area (Å²) in [4.78, 5) is 11.0. The average Bonchev–Trinajstić information content (AvgIpc) is 2.13. The van der Waals surface area contributed by atoms with Crippen molar-refractivity contribution in [3.63, 3.8) is 0 Å². The molecule has 0 aromatic rings. The third-order valence-electron chi connectivity index (χ3n) is 1.85. The van der Waals surface area contributed by atoms with E-state index in [1.807, 2.05) is 0 Å². The van der Waals surface area contributed by atoms with Crippen LogP contribution in [0.15, 0.2) is 0 Å². The van der Waals surface area contributed by atoms with Gasteiger partial charge in [0, 0.05) is 6.42 Å². The highest BCUT2D eigenvalue weighted by atomic mass is 16.5. The Kier molecular flexibility index (Phi) is 9.10. The molecule has 0 aliphatic rings. The van der Waals surface area contributed by atoms with Gasteiger partial charge in [-0.05, 0) is 19.4 Å². The third kappa shape index (κ3) is 9.34. The number of carbonyl (C=O) groups is 1. The molecule has 0 rings (SSSR count). The van der Waals surface area contributed by atoms with E-state index in [-0.39, 0.29) is 5.97 Å². The second-order valence-electron chi connectivity index (χ2n) is 3.17. The van der Waals surface area contributed by atoms with Crippen LogP contribution in [0.5, 0.6) is 0 Å². The van der Waals surface area contributed by atoms with Gasteiger partial charge in [-0.25, -0.2) is 0 Å². The molecule has 3 nitrogen and oxygen atoms in total. The van der Waals surface area contributed by atoms with Crippen molar-refractivity contribution in [2.75, 3.05) is 13.2 Å². The lowest BCUT2D eigenvalue weighted by atomic mass is 10.2. The summed E-state index contributed by atoms with van der Waals surface area (Å²) in [6.07, 6.45) is 5.81. The third-order valence-corrected chi connectivity index (χ3v) is 1.85. The first-order valence-corrected chi connectivity index (χ1v) is 5.17. The molecule has 0 saturated carbocycles. The van der Waals surface area contributed by atoms with Crippen molar-refractivity contribution in [3.05, 3.63) is 0 Å². The first kappa shape index (κ1) is 12.4. The Hall–Kier alpha value is -0.570. The molecule has 0 saturated heterocycles. The lowest BCUT2D eigenvalue weighted by Crippen LogP contribution is -2.09. The number of nitrogens with two attached hydrogens (primary N) is 1. The topological polar surface area (TPSA) is 52.3 Å². The van der Waals surface area contributed by atoms with Crippen molar-refractivity contribution < 1.29 is 9.53 Å². The minimum absolute atomic E-state index is 0.0791. The van der Waals surface area contributed by atoms with E-state index in [1.165, 1.54) is 12.8 Å². The molecule has 0 aromatic heterocycles. The Balaban J connectivity index is 3.11. The summed E-state index contributed by atoms with van der Waals surface area (Å²) in [5, 5.41) is 0. The van der Waals surface area contributed by atoms with Crippen LogP contribution in [0.25, 0.3) is 0 Å². The van der Waals surface area contributed by atoms with Crippen LogP contribution < -0.4 is 5.73 Å². The van der Waals surface area contributed by atoms with Crippen LogP contribution in [0.1, 0.15) is 45.4 Å². The number of esters is 1. The van der Waals surface area contributed by atoms with E-state index >= 15 is 0 Å². The van der Waals surface area contributed by atoms with Crippen LogP contribution in [-0.2, 0) is 9.53 Å². The molecule has 0 aromatic carbocycles. The number of hydrogen-bond donors (Lipinski definition) is 1. The van der Waals surface area contributed by atoms with E-state index < -0.39 is 0 Å². The molecule has 13 heavy (non-hydrogen) atoms. The van der Waals surface area contributed by atoms with Crippen LogP contribution >= 0.6 is 0 Å². The van der Waals surface area contributed by atoms with Gasteiger partial charge in [-0.2, -0.15) is 0 Å². The Morgan fingerprint density at radius 2 is 2.00 bits per heavy atom. The highest BCUT2D eigenvalue weighted by molar-refractivity contribution is 5.69. The zero-order valence-corrected chi connectivity index (χ0v) is 8.55. The summed E-state index contributed by atoms with van der Waals surface area (Å²) in [7, 11) is 0. The minimum atomic E-state index is -0.0791. The fourth-order valence-corrected chi connectivity index (χ4v) is 1.04. The van der Waals surface area contributed by atoms with Crippen LogP contribution in [0, 0.1) is 0 Å². The molecule has 0 bridgehead atoms. The van der Waals surface area contributed by atoms with Gasteiger partial charge in [0.1, 0.15) is 0 Å². The van der Waals surface area contributed by atoms with Gasteiger partial charge < -0.3 is 10.5 Å². The number of hydrogen-bond acceptors (Lipinski definition) is 3. The van der Waals surface area contributed by atoms with Gasteiger partial charge in [-0.1, -0.05) is 26.2 Å². The SMILES string of the molecule is CCCCCCC(=O)OCCCN. The predicted molar refractivity (Wildman–Crippen MR) is 53.4 cm³/mol. The van der Waals surface area contributed by atoms with Crippen molar-refractivity contribution in [2.45, 2.75) is 45.4 Å². The molecule has 0 unspecified atom stereocenters. The lowest BCUT2D eigenvalue weighted by molar-refractivity contribution is -0.143. The minimum Gasteiger partial charge on any atom is -0.466 e.